The summed E-state index contributed by atoms with van der Waals surface area (Å²) in [6, 6.07) is 0.150. The highest BCUT2D eigenvalue weighted by Gasteiger charge is 2.22. The van der Waals surface area contributed by atoms with Gasteiger partial charge < -0.3 is 0 Å². The van der Waals surface area contributed by atoms with Crippen molar-refractivity contribution in [1.82, 2.24) is 0 Å². The largest absolute Gasteiger partial charge is 0.288 e. The number of aliphatic imine (C=N–C) groups is 2. The van der Waals surface area contributed by atoms with Crippen LogP contribution < -0.4 is 0 Å². The van der Waals surface area contributed by atoms with Crippen LogP contribution in [0.15, 0.2) is 34.3 Å². The molecule has 1 unspecified atom stereocenters. The van der Waals surface area contributed by atoms with E-state index in [0.717, 1.165) is 0 Å². The SMILES string of the molecule is C=CC=NC(C)C(C)(C)N=CC=C(C)C. The molecule has 84 valence electrons. The molecule has 0 heterocycles. The Bertz CT molecular complexity index is 279. The fourth-order valence-corrected chi connectivity index (χ4v) is 0.859. The molecule has 0 fully saturated rings. The molecule has 2 nitrogen and oxygen atoms in total. The van der Waals surface area contributed by atoms with Crippen LogP contribution in [-0.4, -0.2) is 24.0 Å². The summed E-state index contributed by atoms with van der Waals surface area (Å²) in [7, 11) is 0. The van der Waals surface area contributed by atoms with Crippen LogP contribution in [0.3, 0.4) is 0 Å². The van der Waals surface area contributed by atoms with E-state index in [0.29, 0.717) is 0 Å². The first-order valence-corrected chi connectivity index (χ1v) is 5.23. The lowest BCUT2D eigenvalue weighted by Gasteiger charge is -2.23. The summed E-state index contributed by atoms with van der Waals surface area (Å²) >= 11 is 0. The van der Waals surface area contributed by atoms with Crippen molar-refractivity contribution in [2.75, 3.05) is 0 Å². The molecule has 0 radical (unpaired) electrons. The molecule has 15 heavy (non-hydrogen) atoms. The van der Waals surface area contributed by atoms with Gasteiger partial charge in [0.15, 0.2) is 0 Å². The Hall–Kier alpha value is -1.18. The Balaban J connectivity index is 4.53. The molecule has 0 spiro atoms. The molecule has 0 amide bonds. The highest BCUT2D eigenvalue weighted by Crippen LogP contribution is 2.16. The van der Waals surface area contributed by atoms with Gasteiger partial charge in [0.1, 0.15) is 0 Å². The van der Waals surface area contributed by atoms with Gasteiger partial charge in [0, 0.05) is 12.4 Å². The third-order valence-electron chi connectivity index (χ3n) is 2.25. The molecule has 0 aliphatic heterocycles. The van der Waals surface area contributed by atoms with Crippen molar-refractivity contribution < 1.29 is 0 Å². The molecular formula is C13H22N2. The zero-order valence-electron chi connectivity index (χ0n) is 10.5. The minimum absolute atomic E-state index is 0.150. The molecule has 0 aliphatic rings. The standard InChI is InChI=1S/C13H22N2/c1-7-9-14-12(4)13(5,6)15-10-8-11(2)3/h7-10,12H,1H2,2-6H3. The van der Waals surface area contributed by atoms with E-state index in [9.17, 15) is 0 Å². The maximum Gasteiger partial charge on any atom is 0.0771 e. The Morgan fingerprint density at radius 2 is 1.87 bits per heavy atom. The topological polar surface area (TPSA) is 24.7 Å². The number of hydrogen-bond donors (Lipinski definition) is 0. The van der Waals surface area contributed by atoms with Crippen LogP contribution in [0, 0.1) is 0 Å². The molecule has 1 atom stereocenters. The predicted octanol–water partition coefficient (Wildman–Crippen LogP) is 3.45. The number of allylic oxidation sites excluding steroid dienone is 3. The van der Waals surface area contributed by atoms with Gasteiger partial charge >= 0.3 is 0 Å². The summed E-state index contributed by atoms with van der Waals surface area (Å²) in [6.45, 7) is 13.9. The van der Waals surface area contributed by atoms with Crippen LogP contribution in [0.2, 0.25) is 0 Å². The van der Waals surface area contributed by atoms with E-state index in [4.69, 9.17) is 0 Å². The maximum absolute atomic E-state index is 4.50. The summed E-state index contributed by atoms with van der Waals surface area (Å²) in [5, 5.41) is 0. The van der Waals surface area contributed by atoms with E-state index >= 15 is 0 Å². The van der Waals surface area contributed by atoms with Crippen LogP contribution in [0.1, 0.15) is 34.6 Å². The highest BCUT2D eigenvalue weighted by molar-refractivity contribution is 5.72. The average molecular weight is 206 g/mol. The summed E-state index contributed by atoms with van der Waals surface area (Å²) < 4.78 is 0. The first-order chi connectivity index (χ1) is 6.90. The van der Waals surface area contributed by atoms with E-state index in [1.807, 2.05) is 12.3 Å². The van der Waals surface area contributed by atoms with Crippen molar-refractivity contribution in [3.05, 3.63) is 24.3 Å². The summed E-state index contributed by atoms with van der Waals surface area (Å²) in [5.41, 5.74) is 1.07. The quantitative estimate of drug-likeness (QED) is 0.616. The third kappa shape index (κ3) is 6.00. The predicted molar refractivity (Wildman–Crippen MR) is 70.2 cm³/mol. The first kappa shape index (κ1) is 13.8. The van der Waals surface area contributed by atoms with Gasteiger partial charge in [-0.2, -0.15) is 0 Å². The van der Waals surface area contributed by atoms with E-state index in [1.165, 1.54) is 5.57 Å². The third-order valence-corrected chi connectivity index (χ3v) is 2.25. The van der Waals surface area contributed by atoms with Crippen molar-refractivity contribution in [2.24, 2.45) is 9.98 Å². The molecule has 0 saturated heterocycles. The van der Waals surface area contributed by atoms with Gasteiger partial charge in [0.25, 0.3) is 0 Å². The van der Waals surface area contributed by atoms with Crippen molar-refractivity contribution in [1.29, 1.82) is 0 Å². The molecule has 0 rings (SSSR count). The lowest BCUT2D eigenvalue weighted by molar-refractivity contribution is 0.441. The lowest BCUT2D eigenvalue weighted by Crippen LogP contribution is -2.30. The van der Waals surface area contributed by atoms with Gasteiger partial charge in [-0.1, -0.05) is 18.2 Å². The summed E-state index contributed by atoms with van der Waals surface area (Å²) in [4.78, 5) is 8.83. The van der Waals surface area contributed by atoms with E-state index in [-0.39, 0.29) is 11.6 Å². The van der Waals surface area contributed by atoms with Crippen molar-refractivity contribution in [3.8, 4) is 0 Å². The normalized spacial score (nSPS) is 14.5. The second-order valence-electron chi connectivity index (χ2n) is 4.39. The molecule has 0 saturated carbocycles. The monoisotopic (exact) mass is 206 g/mol. The second-order valence-corrected chi connectivity index (χ2v) is 4.39. The second kappa shape index (κ2) is 6.33. The fourth-order valence-electron chi connectivity index (χ4n) is 0.859. The minimum atomic E-state index is -0.175. The zero-order valence-corrected chi connectivity index (χ0v) is 10.5. The molecular weight excluding hydrogens is 184 g/mol. The van der Waals surface area contributed by atoms with E-state index in [2.05, 4.69) is 51.2 Å². The van der Waals surface area contributed by atoms with Gasteiger partial charge in [-0.15, -0.1) is 0 Å². The van der Waals surface area contributed by atoms with Gasteiger partial charge in [-0.05, 0) is 40.7 Å². The minimum Gasteiger partial charge on any atom is -0.288 e. The molecule has 2 heteroatoms. The lowest BCUT2D eigenvalue weighted by atomic mass is 9.97. The van der Waals surface area contributed by atoms with Crippen LogP contribution in [0.5, 0.6) is 0 Å². The van der Waals surface area contributed by atoms with Crippen LogP contribution >= 0.6 is 0 Å². The fraction of sp³-hybridized carbons (Fsp3) is 0.538. The first-order valence-electron chi connectivity index (χ1n) is 5.23. The van der Waals surface area contributed by atoms with Crippen molar-refractivity contribution >= 4 is 12.4 Å². The number of rotatable bonds is 5. The van der Waals surface area contributed by atoms with Crippen LogP contribution in [0.4, 0.5) is 0 Å². The Morgan fingerprint density at radius 3 is 2.33 bits per heavy atom. The summed E-state index contributed by atoms with van der Waals surface area (Å²) in [6.07, 6.45) is 7.27. The average Bonchev–Trinajstić information content (AvgIpc) is 2.13. The van der Waals surface area contributed by atoms with Crippen molar-refractivity contribution in [2.45, 2.75) is 46.2 Å². The maximum atomic E-state index is 4.50. The van der Waals surface area contributed by atoms with Crippen molar-refractivity contribution in [3.63, 3.8) is 0 Å². The van der Waals surface area contributed by atoms with Crippen LogP contribution in [-0.2, 0) is 0 Å². The highest BCUT2D eigenvalue weighted by atomic mass is 14.9. The Morgan fingerprint density at radius 1 is 1.27 bits per heavy atom. The van der Waals surface area contributed by atoms with Crippen LogP contribution in [0.25, 0.3) is 0 Å². The Labute approximate surface area is 93.5 Å². The van der Waals surface area contributed by atoms with Gasteiger partial charge in [0.2, 0.25) is 0 Å². The number of hydrogen-bond acceptors (Lipinski definition) is 2. The van der Waals surface area contributed by atoms with Gasteiger partial charge in [-0.3, -0.25) is 9.98 Å². The number of nitrogens with zero attached hydrogens (tertiary/aromatic N) is 2. The molecule has 0 bridgehead atoms. The Kier molecular flexibility index (Phi) is 5.83. The summed E-state index contributed by atoms with van der Waals surface area (Å²) in [5.74, 6) is 0. The molecule has 0 aliphatic carbocycles. The zero-order chi connectivity index (χ0) is 11.9. The van der Waals surface area contributed by atoms with E-state index in [1.54, 1.807) is 12.3 Å². The molecule has 0 aromatic rings. The van der Waals surface area contributed by atoms with Gasteiger partial charge in [0.05, 0.1) is 11.6 Å². The van der Waals surface area contributed by atoms with E-state index < -0.39 is 0 Å². The molecule has 0 aromatic carbocycles. The van der Waals surface area contributed by atoms with Gasteiger partial charge in [-0.25, -0.2) is 0 Å². The molecule has 0 N–H and O–H groups in total. The molecule has 0 aromatic heterocycles. The smallest absolute Gasteiger partial charge is 0.0771 e.